The number of nitrogens with one attached hydrogen (secondary N) is 3. The largest absolute Gasteiger partial charge is 0.295 e. The number of H-pyrrole nitrogens is 1. The zero-order chi connectivity index (χ0) is 16.2. The highest BCUT2D eigenvalue weighted by atomic mass is 32.2. The van der Waals surface area contributed by atoms with Gasteiger partial charge in [0.1, 0.15) is 6.33 Å². The van der Waals surface area contributed by atoms with Gasteiger partial charge in [0.25, 0.3) is 0 Å². The predicted octanol–water partition coefficient (Wildman–Crippen LogP) is 0.729. The maximum Gasteiger partial charge on any atom is 0.240 e. The maximum absolute atomic E-state index is 12.2. The Morgan fingerprint density at radius 2 is 2.09 bits per heavy atom. The Balaban J connectivity index is 1.92. The van der Waals surface area contributed by atoms with E-state index in [0.29, 0.717) is 5.56 Å². The fraction of sp³-hybridized carbons (Fsp3) is 0.308. The lowest BCUT2D eigenvalue weighted by atomic mass is 10.2. The first-order valence-electron chi connectivity index (χ1n) is 6.60. The molecule has 0 atom stereocenters. The highest BCUT2D eigenvalue weighted by Crippen LogP contribution is 2.16. The number of hydrogen-bond donors (Lipinski definition) is 3. The van der Waals surface area contributed by atoms with Crippen LogP contribution in [0.4, 0.5) is 5.95 Å². The highest BCUT2D eigenvalue weighted by molar-refractivity contribution is 7.89. The number of benzene rings is 1. The molecular weight excluding hydrogens is 306 g/mol. The van der Waals surface area contributed by atoms with E-state index in [-0.39, 0.29) is 29.7 Å². The standard InChI is InChI=1S/C13H17N5O3S/c1-9-3-4-10(2)11(7-9)22(20,21)16-6-5-12(19)17-13-14-8-15-18-13/h3-4,7-8,16H,5-6H2,1-2H3,(H2,14,15,17,18,19). The van der Waals surface area contributed by atoms with Crippen molar-refractivity contribution in [3.63, 3.8) is 0 Å². The van der Waals surface area contributed by atoms with Gasteiger partial charge in [-0.2, -0.15) is 10.1 Å². The Kier molecular flexibility index (Phi) is 4.88. The van der Waals surface area contributed by atoms with Gasteiger partial charge in [-0.3, -0.25) is 10.1 Å². The molecule has 0 fully saturated rings. The number of aryl methyl sites for hydroxylation is 2. The molecule has 8 nitrogen and oxygen atoms in total. The number of aromatic nitrogens is 3. The molecule has 1 heterocycles. The highest BCUT2D eigenvalue weighted by Gasteiger charge is 2.17. The first-order valence-corrected chi connectivity index (χ1v) is 8.09. The van der Waals surface area contributed by atoms with Crippen molar-refractivity contribution in [1.82, 2.24) is 19.9 Å². The van der Waals surface area contributed by atoms with E-state index in [4.69, 9.17) is 0 Å². The smallest absolute Gasteiger partial charge is 0.240 e. The van der Waals surface area contributed by atoms with Crippen LogP contribution in [0.3, 0.4) is 0 Å². The number of hydrogen-bond acceptors (Lipinski definition) is 5. The molecule has 1 amide bonds. The van der Waals surface area contributed by atoms with Crippen molar-refractivity contribution >= 4 is 21.9 Å². The van der Waals surface area contributed by atoms with E-state index in [0.717, 1.165) is 5.56 Å². The normalized spacial score (nSPS) is 11.4. The topological polar surface area (TPSA) is 117 Å². The zero-order valence-corrected chi connectivity index (χ0v) is 13.1. The fourth-order valence-corrected chi connectivity index (χ4v) is 3.19. The molecule has 22 heavy (non-hydrogen) atoms. The first kappa shape index (κ1) is 16.1. The summed E-state index contributed by atoms with van der Waals surface area (Å²) in [5.41, 5.74) is 1.51. The van der Waals surface area contributed by atoms with E-state index in [1.165, 1.54) is 6.33 Å². The summed E-state index contributed by atoms with van der Waals surface area (Å²) in [5.74, 6) is -0.136. The number of nitrogens with zero attached hydrogens (tertiary/aromatic N) is 2. The minimum absolute atomic E-state index is 0.00428. The molecule has 2 rings (SSSR count). The van der Waals surface area contributed by atoms with Gasteiger partial charge in [-0.1, -0.05) is 12.1 Å². The summed E-state index contributed by atoms with van der Waals surface area (Å²) in [7, 11) is -3.64. The fourth-order valence-electron chi connectivity index (χ4n) is 1.83. The van der Waals surface area contributed by atoms with Gasteiger partial charge in [0.15, 0.2) is 0 Å². The second-order valence-electron chi connectivity index (χ2n) is 4.80. The molecule has 2 aromatic rings. The molecule has 1 aromatic heterocycles. The minimum atomic E-state index is -3.64. The summed E-state index contributed by atoms with van der Waals surface area (Å²) in [5, 5.41) is 8.54. The minimum Gasteiger partial charge on any atom is -0.295 e. The lowest BCUT2D eigenvalue weighted by Crippen LogP contribution is -2.28. The van der Waals surface area contributed by atoms with Gasteiger partial charge in [-0.25, -0.2) is 18.2 Å². The van der Waals surface area contributed by atoms with Crippen LogP contribution in [0.5, 0.6) is 0 Å². The van der Waals surface area contributed by atoms with Crippen molar-refractivity contribution in [2.75, 3.05) is 11.9 Å². The van der Waals surface area contributed by atoms with Crippen LogP contribution in [-0.4, -0.2) is 36.1 Å². The van der Waals surface area contributed by atoms with Gasteiger partial charge in [-0.05, 0) is 31.0 Å². The average molecular weight is 323 g/mol. The van der Waals surface area contributed by atoms with Gasteiger partial charge in [0.05, 0.1) is 4.90 Å². The van der Waals surface area contributed by atoms with E-state index >= 15 is 0 Å². The van der Waals surface area contributed by atoms with E-state index < -0.39 is 10.0 Å². The molecule has 0 radical (unpaired) electrons. The van der Waals surface area contributed by atoms with Gasteiger partial charge < -0.3 is 0 Å². The van der Waals surface area contributed by atoms with Crippen LogP contribution < -0.4 is 10.0 Å². The summed E-state index contributed by atoms with van der Waals surface area (Å²) in [6, 6.07) is 5.20. The van der Waals surface area contributed by atoms with Gasteiger partial charge in [0.2, 0.25) is 21.9 Å². The first-order chi connectivity index (χ1) is 10.4. The Morgan fingerprint density at radius 3 is 2.77 bits per heavy atom. The van der Waals surface area contributed by atoms with Crippen molar-refractivity contribution in [3.8, 4) is 0 Å². The summed E-state index contributed by atoms with van der Waals surface area (Å²) in [6.07, 6.45) is 1.25. The average Bonchev–Trinajstić information content (AvgIpc) is 2.94. The van der Waals surface area contributed by atoms with Crippen molar-refractivity contribution in [2.45, 2.75) is 25.2 Å². The molecule has 1 aromatic carbocycles. The van der Waals surface area contributed by atoms with E-state index in [9.17, 15) is 13.2 Å². The monoisotopic (exact) mass is 323 g/mol. The van der Waals surface area contributed by atoms with Gasteiger partial charge in [-0.15, -0.1) is 0 Å². The summed E-state index contributed by atoms with van der Waals surface area (Å²) in [4.78, 5) is 15.6. The second-order valence-corrected chi connectivity index (χ2v) is 6.53. The Bertz CT molecular complexity index is 756. The number of carbonyl (C=O) groups is 1. The summed E-state index contributed by atoms with van der Waals surface area (Å²) < 4.78 is 26.9. The molecule has 0 aliphatic heterocycles. The van der Waals surface area contributed by atoms with Gasteiger partial charge in [0, 0.05) is 13.0 Å². The van der Waals surface area contributed by atoms with Crippen LogP contribution in [0.15, 0.2) is 29.4 Å². The third kappa shape index (κ3) is 4.12. The van der Waals surface area contributed by atoms with Crippen LogP contribution in [-0.2, 0) is 14.8 Å². The van der Waals surface area contributed by atoms with Crippen molar-refractivity contribution in [3.05, 3.63) is 35.7 Å². The number of amides is 1. The molecule has 0 spiro atoms. The van der Waals surface area contributed by atoms with Gasteiger partial charge >= 0.3 is 0 Å². The summed E-state index contributed by atoms with van der Waals surface area (Å²) >= 11 is 0. The second kappa shape index (κ2) is 6.67. The Labute approximate surface area is 128 Å². The van der Waals surface area contributed by atoms with Crippen LogP contribution in [0.2, 0.25) is 0 Å². The van der Waals surface area contributed by atoms with Crippen molar-refractivity contribution in [2.24, 2.45) is 0 Å². The number of sulfonamides is 1. The predicted molar refractivity (Wildman–Crippen MR) is 80.7 cm³/mol. The lowest BCUT2D eigenvalue weighted by Gasteiger charge is -2.10. The zero-order valence-electron chi connectivity index (χ0n) is 12.3. The lowest BCUT2D eigenvalue weighted by molar-refractivity contribution is -0.116. The number of aromatic amines is 1. The van der Waals surface area contributed by atoms with Crippen LogP contribution in [0, 0.1) is 13.8 Å². The van der Waals surface area contributed by atoms with Crippen molar-refractivity contribution < 1.29 is 13.2 Å². The maximum atomic E-state index is 12.2. The Hall–Kier alpha value is -2.26. The summed E-state index contributed by atoms with van der Waals surface area (Å²) in [6.45, 7) is 3.55. The SMILES string of the molecule is Cc1ccc(C)c(S(=O)(=O)NCCC(=O)Nc2ncn[nH]2)c1. The van der Waals surface area contributed by atoms with E-state index in [2.05, 4.69) is 25.2 Å². The van der Waals surface area contributed by atoms with Crippen LogP contribution >= 0.6 is 0 Å². The molecule has 3 N–H and O–H groups in total. The molecule has 118 valence electrons. The quantitative estimate of drug-likeness (QED) is 0.724. The number of carbonyl (C=O) groups excluding carboxylic acids is 1. The molecule has 9 heteroatoms. The Morgan fingerprint density at radius 1 is 1.32 bits per heavy atom. The third-order valence-electron chi connectivity index (χ3n) is 2.95. The van der Waals surface area contributed by atoms with Crippen molar-refractivity contribution in [1.29, 1.82) is 0 Å². The van der Waals surface area contributed by atoms with Crippen LogP contribution in [0.1, 0.15) is 17.5 Å². The van der Waals surface area contributed by atoms with E-state index in [1.807, 2.05) is 13.0 Å². The molecule has 0 aliphatic carbocycles. The van der Waals surface area contributed by atoms with Crippen LogP contribution in [0.25, 0.3) is 0 Å². The molecule has 0 aliphatic rings. The molecule has 0 bridgehead atoms. The molecule has 0 saturated carbocycles. The molecular formula is C13H17N5O3S. The molecule has 0 saturated heterocycles. The number of rotatable bonds is 6. The third-order valence-corrected chi connectivity index (χ3v) is 4.55. The molecule has 0 unspecified atom stereocenters. The van der Waals surface area contributed by atoms with E-state index in [1.54, 1.807) is 19.1 Å². The number of anilines is 1.